The Balaban J connectivity index is 1.87. The quantitative estimate of drug-likeness (QED) is 0.313. The van der Waals surface area contributed by atoms with Crippen molar-refractivity contribution in [1.82, 2.24) is 4.31 Å². The lowest BCUT2D eigenvalue weighted by Crippen LogP contribution is -2.40. The number of hydrogen-bond acceptors (Lipinski definition) is 8. The number of benzene rings is 2. The topological polar surface area (TPSA) is 134 Å². The van der Waals surface area contributed by atoms with Gasteiger partial charge in [0.25, 0.3) is 5.69 Å². The maximum Gasteiger partial charge on any atom is 0.295 e. The summed E-state index contributed by atoms with van der Waals surface area (Å²) in [6.07, 6.45) is 1.28. The van der Waals surface area contributed by atoms with Crippen LogP contribution in [0.15, 0.2) is 49.3 Å². The van der Waals surface area contributed by atoms with Crippen LogP contribution in [-0.4, -0.2) is 55.3 Å². The first-order chi connectivity index (χ1) is 14.2. The highest BCUT2D eigenvalue weighted by Gasteiger charge is 2.28. The van der Waals surface area contributed by atoms with E-state index in [1.54, 1.807) is 12.1 Å². The van der Waals surface area contributed by atoms with E-state index in [-0.39, 0.29) is 42.6 Å². The Labute approximate surface area is 189 Å². The predicted octanol–water partition coefficient (Wildman–Crippen LogP) is 3.29. The van der Waals surface area contributed by atoms with Crippen LogP contribution in [0.4, 0.5) is 11.4 Å². The number of sulfonamides is 1. The Morgan fingerprint density at radius 2 is 1.93 bits per heavy atom. The predicted molar refractivity (Wildman–Crippen MR) is 117 cm³/mol. The Hall–Kier alpha value is -2.06. The molecular formula is C17H16Br2N4O6S. The smallest absolute Gasteiger partial charge is 0.295 e. The van der Waals surface area contributed by atoms with Crippen LogP contribution < -0.4 is 5.43 Å². The maximum absolute atomic E-state index is 12.7. The van der Waals surface area contributed by atoms with Crippen LogP contribution >= 0.6 is 31.9 Å². The lowest BCUT2D eigenvalue weighted by atomic mass is 10.2. The van der Waals surface area contributed by atoms with Crippen LogP contribution in [0.1, 0.15) is 5.56 Å². The SMILES string of the molecule is O=[N+]([O-])c1cc(S(=O)(=O)N2CCOCC2)ccc1N/N=C\c1cc(Br)cc(Br)c1O. The Bertz CT molecular complexity index is 1100. The van der Waals surface area contributed by atoms with Gasteiger partial charge in [-0.3, -0.25) is 15.5 Å². The van der Waals surface area contributed by atoms with Crippen molar-refractivity contribution in [1.29, 1.82) is 0 Å². The number of nitro groups is 1. The summed E-state index contributed by atoms with van der Waals surface area (Å²) < 4.78 is 33.0. The van der Waals surface area contributed by atoms with Gasteiger partial charge in [0.05, 0.1) is 33.7 Å². The van der Waals surface area contributed by atoms with E-state index in [1.165, 1.54) is 22.7 Å². The summed E-state index contributed by atoms with van der Waals surface area (Å²) in [5.74, 6) is -0.0507. The second-order valence-electron chi connectivity index (χ2n) is 6.15. The van der Waals surface area contributed by atoms with Gasteiger partial charge in [-0.15, -0.1) is 0 Å². The van der Waals surface area contributed by atoms with E-state index < -0.39 is 20.6 Å². The molecule has 1 saturated heterocycles. The average molecular weight is 564 g/mol. The third-order valence-corrected chi connectivity index (χ3v) is 7.18. The molecule has 2 aromatic rings. The van der Waals surface area contributed by atoms with Crippen molar-refractivity contribution in [2.45, 2.75) is 4.90 Å². The first kappa shape index (κ1) is 22.6. The van der Waals surface area contributed by atoms with Gasteiger partial charge in [0.15, 0.2) is 0 Å². The molecule has 0 bridgehead atoms. The number of ether oxygens (including phenoxy) is 1. The summed E-state index contributed by atoms with van der Waals surface area (Å²) in [7, 11) is -3.87. The van der Waals surface area contributed by atoms with E-state index in [9.17, 15) is 23.6 Å². The molecule has 1 aliphatic heterocycles. The zero-order valence-corrected chi connectivity index (χ0v) is 19.3. The highest BCUT2D eigenvalue weighted by atomic mass is 79.9. The summed E-state index contributed by atoms with van der Waals surface area (Å²) in [5.41, 5.74) is 2.45. The molecule has 0 unspecified atom stereocenters. The molecule has 0 radical (unpaired) electrons. The number of anilines is 1. The lowest BCUT2D eigenvalue weighted by Gasteiger charge is -2.26. The molecule has 1 heterocycles. The Morgan fingerprint density at radius 1 is 1.23 bits per heavy atom. The standard InChI is InChI=1S/C17H16Br2N4O6S/c18-12-7-11(17(24)14(19)8-12)10-20-21-15-2-1-13(9-16(15)23(25)26)30(27,28)22-3-5-29-6-4-22/h1-2,7-10,21,24H,3-6H2/b20-10-. The number of halogens is 2. The van der Waals surface area contributed by atoms with Gasteiger partial charge in [0.1, 0.15) is 11.4 Å². The van der Waals surface area contributed by atoms with E-state index in [0.717, 1.165) is 6.07 Å². The number of rotatable bonds is 6. The molecule has 13 heteroatoms. The van der Waals surface area contributed by atoms with Gasteiger partial charge in [0.2, 0.25) is 10.0 Å². The number of hydrogen-bond donors (Lipinski definition) is 2. The Morgan fingerprint density at radius 3 is 2.60 bits per heavy atom. The highest BCUT2D eigenvalue weighted by Crippen LogP contribution is 2.31. The van der Waals surface area contributed by atoms with Crippen LogP contribution in [0, 0.1) is 10.1 Å². The minimum atomic E-state index is -3.87. The van der Waals surface area contributed by atoms with Crippen molar-refractivity contribution in [2.75, 3.05) is 31.7 Å². The fourth-order valence-electron chi connectivity index (χ4n) is 2.71. The van der Waals surface area contributed by atoms with Gasteiger partial charge in [0, 0.05) is 29.2 Å². The number of nitrogens with one attached hydrogen (secondary N) is 1. The van der Waals surface area contributed by atoms with Crippen molar-refractivity contribution in [2.24, 2.45) is 5.10 Å². The number of nitro benzene ring substituents is 1. The molecule has 30 heavy (non-hydrogen) atoms. The monoisotopic (exact) mass is 562 g/mol. The zero-order chi connectivity index (χ0) is 21.9. The van der Waals surface area contributed by atoms with E-state index in [2.05, 4.69) is 42.4 Å². The molecule has 0 amide bonds. The first-order valence-electron chi connectivity index (χ1n) is 8.53. The molecule has 2 aromatic carbocycles. The lowest BCUT2D eigenvalue weighted by molar-refractivity contribution is -0.384. The van der Waals surface area contributed by atoms with Crippen molar-refractivity contribution in [3.63, 3.8) is 0 Å². The van der Waals surface area contributed by atoms with Gasteiger partial charge >= 0.3 is 0 Å². The van der Waals surface area contributed by atoms with Crippen molar-refractivity contribution in [3.05, 3.63) is 55.0 Å². The summed E-state index contributed by atoms with van der Waals surface area (Å²) >= 11 is 6.50. The summed E-state index contributed by atoms with van der Waals surface area (Å²) in [5, 5.41) is 25.4. The van der Waals surface area contributed by atoms with Gasteiger partial charge in [-0.05, 0) is 40.2 Å². The van der Waals surface area contributed by atoms with Gasteiger partial charge in [-0.2, -0.15) is 9.41 Å². The molecule has 0 aliphatic carbocycles. The largest absolute Gasteiger partial charge is 0.506 e. The normalized spacial score (nSPS) is 15.4. The molecule has 160 valence electrons. The average Bonchev–Trinajstić information content (AvgIpc) is 2.72. The zero-order valence-electron chi connectivity index (χ0n) is 15.3. The number of nitrogens with zero attached hydrogens (tertiary/aromatic N) is 3. The third kappa shape index (κ3) is 4.98. The molecule has 0 saturated carbocycles. The molecule has 1 aliphatic rings. The fourth-order valence-corrected chi connectivity index (χ4v) is 5.40. The Kier molecular flexibility index (Phi) is 7.08. The minimum Gasteiger partial charge on any atom is -0.506 e. The second kappa shape index (κ2) is 9.39. The van der Waals surface area contributed by atoms with E-state index >= 15 is 0 Å². The number of phenols is 1. The van der Waals surface area contributed by atoms with Crippen LogP contribution in [-0.2, 0) is 14.8 Å². The van der Waals surface area contributed by atoms with Crippen molar-refractivity contribution in [3.8, 4) is 5.75 Å². The van der Waals surface area contributed by atoms with Crippen LogP contribution in [0.5, 0.6) is 5.75 Å². The minimum absolute atomic E-state index is 0.00531. The maximum atomic E-state index is 12.7. The fraction of sp³-hybridized carbons (Fsp3) is 0.235. The second-order valence-corrected chi connectivity index (χ2v) is 9.86. The summed E-state index contributed by atoms with van der Waals surface area (Å²) in [6.45, 7) is 0.917. The molecular weight excluding hydrogens is 548 g/mol. The number of phenolic OH excluding ortho intramolecular Hbond substituents is 1. The molecule has 0 spiro atoms. The molecule has 0 atom stereocenters. The molecule has 0 aromatic heterocycles. The molecule has 3 rings (SSSR count). The third-order valence-electron chi connectivity index (χ3n) is 4.22. The van der Waals surface area contributed by atoms with Crippen molar-refractivity contribution >= 4 is 59.5 Å². The van der Waals surface area contributed by atoms with Gasteiger partial charge < -0.3 is 9.84 Å². The summed E-state index contributed by atoms with van der Waals surface area (Å²) in [6, 6.07) is 6.81. The molecule has 10 nitrogen and oxygen atoms in total. The summed E-state index contributed by atoms with van der Waals surface area (Å²) in [4.78, 5) is 10.6. The van der Waals surface area contributed by atoms with Crippen LogP contribution in [0.25, 0.3) is 0 Å². The van der Waals surface area contributed by atoms with Gasteiger partial charge in [-0.25, -0.2) is 8.42 Å². The number of aromatic hydroxyl groups is 1. The van der Waals surface area contributed by atoms with Crippen LogP contribution in [0.3, 0.4) is 0 Å². The highest BCUT2D eigenvalue weighted by molar-refractivity contribution is 9.11. The first-order valence-corrected chi connectivity index (χ1v) is 11.6. The number of hydrazone groups is 1. The molecule has 2 N–H and O–H groups in total. The van der Waals surface area contributed by atoms with E-state index in [1.807, 2.05) is 0 Å². The van der Waals surface area contributed by atoms with Crippen LogP contribution in [0.2, 0.25) is 0 Å². The molecule has 1 fully saturated rings. The van der Waals surface area contributed by atoms with Crippen molar-refractivity contribution < 1.29 is 23.2 Å². The van der Waals surface area contributed by atoms with E-state index in [4.69, 9.17) is 4.74 Å². The van der Waals surface area contributed by atoms with E-state index in [0.29, 0.717) is 14.5 Å². The number of morpholine rings is 1. The van der Waals surface area contributed by atoms with Gasteiger partial charge in [-0.1, -0.05) is 15.9 Å².